The third kappa shape index (κ3) is 18.9. The van der Waals surface area contributed by atoms with Crippen LogP contribution in [0.3, 0.4) is 0 Å². The highest BCUT2D eigenvalue weighted by Crippen LogP contribution is 2.07. The second-order valence-electron chi connectivity index (χ2n) is 6.21. The fourth-order valence-corrected chi connectivity index (χ4v) is 2.15. The van der Waals surface area contributed by atoms with Crippen molar-refractivity contribution >= 4 is 0 Å². The van der Waals surface area contributed by atoms with Crippen molar-refractivity contribution in [2.75, 3.05) is 26.4 Å². The van der Waals surface area contributed by atoms with E-state index in [0.717, 1.165) is 65.0 Å². The van der Waals surface area contributed by atoms with E-state index in [4.69, 9.17) is 9.47 Å². The number of rotatable bonds is 18. The molecule has 0 fully saturated rings. The van der Waals surface area contributed by atoms with Gasteiger partial charge in [0, 0.05) is 13.2 Å². The summed E-state index contributed by atoms with van der Waals surface area (Å²) in [7, 11) is 0. The molecule has 0 rings (SSSR count). The topological polar surface area (TPSA) is 18.5 Å². The van der Waals surface area contributed by atoms with Gasteiger partial charge in [0.2, 0.25) is 0 Å². The summed E-state index contributed by atoms with van der Waals surface area (Å²) >= 11 is 0. The number of hydrogen-bond acceptors (Lipinski definition) is 2. The van der Waals surface area contributed by atoms with Gasteiger partial charge >= 0.3 is 0 Å². The largest absolute Gasteiger partial charge is 0.377 e. The molecule has 0 aromatic rings. The van der Waals surface area contributed by atoms with Gasteiger partial charge in [-0.2, -0.15) is 0 Å². The van der Waals surface area contributed by atoms with Crippen LogP contribution in [-0.4, -0.2) is 26.4 Å². The van der Waals surface area contributed by atoms with Crippen LogP contribution in [-0.2, 0) is 9.47 Å². The molecular weight excluding hydrogens is 296 g/mol. The van der Waals surface area contributed by atoms with Crippen molar-refractivity contribution in [3.05, 3.63) is 49.6 Å². The first-order chi connectivity index (χ1) is 11.8. The second-order valence-corrected chi connectivity index (χ2v) is 6.21. The number of unbranched alkanes of at least 4 members (excludes halogenated alkanes) is 4. The Bertz CT molecular complexity index is 299. The molecule has 0 aromatic carbocycles. The van der Waals surface area contributed by atoms with Gasteiger partial charge in [0.1, 0.15) is 0 Å². The molecule has 0 saturated heterocycles. The molecule has 0 amide bonds. The van der Waals surface area contributed by atoms with Gasteiger partial charge in [-0.05, 0) is 57.3 Å². The maximum absolute atomic E-state index is 5.64. The van der Waals surface area contributed by atoms with Gasteiger partial charge in [-0.1, -0.05) is 43.4 Å². The van der Waals surface area contributed by atoms with Gasteiger partial charge in [-0.25, -0.2) is 0 Å². The molecule has 2 heteroatoms. The lowest BCUT2D eigenvalue weighted by Gasteiger charge is -2.10. The summed E-state index contributed by atoms with van der Waals surface area (Å²) < 4.78 is 11.3. The zero-order chi connectivity index (χ0) is 17.7. The smallest absolute Gasteiger partial charge is 0.0647 e. The lowest BCUT2D eigenvalue weighted by molar-refractivity contribution is 0.122. The summed E-state index contributed by atoms with van der Waals surface area (Å²) in [5.74, 6) is 0.651. The summed E-state index contributed by atoms with van der Waals surface area (Å²) in [5, 5.41) is 0. The lowest BCUT2D eigenvalue weighted by Crippen LogP contribution is -2.06. The zero-order valence-electron chi connectivity index (χ0n) is 15.8. The number of ether oxygens (including phenoxy) is 2. The van der Waals surface area contributed by atoms with Crippen molar-refractivity contribution in [2.24, 2.45) is 5.92 Å². The Kier molecular flexibility index (Phi) is 19.0. The quantitative estimate of drug-likeness (QED) is 0.217. The minimum atomic E-state index is 0.651. The predicted octanol–water partition coefficient (Wildman–Crippen LogP) is 6.26. The molecule has 0 aliphatic rings. The van der Waals surface area contributed by atoms with E-state index in [-0.39, 0.29) is 0 Å². The number of allylic oxidation sites excluding steroid dienone is 4. The summed E-state index contributed by atoms with van der Waals surface area (Å²) in [4.78, 5) is 0. The van der Waals surface area contributed by atoms with Crippen LogP contribution >= 0.6 is 0 Å². The Hall–Kier alpha value is -1.12. The van der Waals surface area contributed by atoms with Crippen molar-refractivity contribution in [3.8, 4) is 0 Å². The summed E-state index contributed by atoms with van der Waals surface area (Å²) in [6.07, 6.45) is 21.6. The Morgan fingerprint density at radius 3 is 1.58 bits per heavy atom. The highest BCUT2D eigenvalue weighted by atomic mass is 16.5. The summed E-state index contributed by atoms with van der Waals surface area (Å²) in [5.41, 5.74) is 0. The van der Waals surface area contributed by atoms with Gasteiger partial charge in [-0.15, -0.1) is 13.2 Å². The SMILES string of the molecule is C=CCCCC=CCOCCC(C)CCOCC=CCCCC=C. The van der Waals surface area contributed by atoms with E-state index in [1.54, 1.807) is 0 Å². The molecule has 0 saturated carbocycles. The average molecular weight is 335 g/mol. The molecule has 0 heterocycles. The van der Waals surface area contributed by atoms with E-state index >= 15 is 0 Å². The molecule has 2 nitrogen and oxygen atoms in total. The minimum Gasteiger partial charge on any atom is -0.377 e. The van der Waals surface area contributed by atoms with E-state index in [9.17, 15) is 0 Å². The molecule has 0 aromatic heterocycles. The van der Waals surface area contributed by atoms with Crippen LogP contribution < -0.4 is 0 Å². The Morgan fingerprint density at radius 1 is 0.708 bits per heavy atom. The molecular formula is C22H38O2. The number of hydrogen-bond donors (Lipinski definition) is 0. The van der Waals surface area contributed by atoms with Crippen LogP contribution in [0, 0.1) is 5.92 Å². The Balaban J connectivity index is 3.30. The highest BCUT2D eigenvalue weighted by Gasteiger charge is 2.01. The molecule has 0 radical (unpaired) electrons. The molecule has 0 aliphatic heterocycles. The van der Waals surface area contributed by atoms with Crippen LogP contribution in [0.2, 0.25) is 0 Å². The molecule has 24 heavy (non-hydrogen) atoms. The molecule has 0 bridgehead atoms. The standard InChI is InChI=1S/C22H38O2/c1-4-6-8-10-12-14-18-23-20-16-22(3)17-21-24-19-15-13-11-9-7-5-2/h4-5,12-15,22H,1-2,6-11,16-21H2,3H3. The van der Waals surface area contributed by atoms with Gasteiger partial charge in [-0.3, -0.25) is 0 Å². The van der Waals surface area contributed by atoms with E-state index < -0.39 is 0 Å². The van der Waals surface area contributed by atoms with Crippen LogP contribution in [0.25, 0.3) is 0 Å². The second kappa shape index (κ2) is 19.9. The first kappa shape index (κ1) is 22.9. The highest BCUT2D eigenvalue weighted by molar-refractivity contribution is 4.83. The van der Waals surface area contributed by atoms with Crippen LogP contribution in [0.1, 0.15) is 58.3 Å². The van der Waals surface area contributed by atoms with E-state index in [0.29, 0.717) is 5.92 Å². The third-order valence-electron chi connectivity index (χ3n) is 3.83. The van der Waals surface area contributed by atoms with Gasteiger partial charge in [0.05, 0.1) is 13.2 Å². The van der Waals surface area contributed by atoms with Crippen molar-refractivity contribution in [1.29, 1.82) is 0 Å². The maximum atomic E-state index is 5.64. The fraction of sp³-hybridized carbons (Fsp3) is 0.636. The van der Waals surface area contributed by atoms with Gasteiger partial charge in [0.25, 0.3) is 0 Å². The molecule has 138 valence electrons. The summed E-state index contributed by atoms with van der Waals surface area (Å²) in [6, 6.07) is 0. The maximum Gasteiger partial charge on any atom is 0.0647 e. The predicted molar refractivity (Wildman–Crippen MR) is 106 cm³/mol. The third-order valence-corrected chi connectivity index (χ3v) is 3.83. The Morgan fingerprint density at radius 2 is 1.17 bits per heavy atom. The van der Waals surface area contributed by atoms with Crippen molar-refractivity contribution in [2.45, 2.75) is 58.3 Å². The average Bonchev–Trinajstić information content (AvgIpc) is 2.59. The minimum absolute atomic E-state index is 0.651. The van der Waals surface area contributed by atoms with Crippen LogP contribution in [0.15, 0.2) is 49.6 Å². The van der Waals surface area contributed by atoms with Crippen molar-refractivity contribution < 1.29 is 9.47 Å². The molecule has 0 unspecified atom stereocenters. The Labute approximate surface area is 150 Å². The van der Waals surface area contributed by atoms with E-state index in [2.05, 4.69) is 44.4 Å². The molecule has 0 atom stereocenters. The van der Waals surface area contributed by atoms with Crippen LogP contribution in [0.4, 0.5) is 0 Å². The first-order valence-corrected chi connectivity index (χ1v) is 9.48. The molecule has 0 N–H and O–H groups in total. The van der Waals surface area contributed by atoms with Gasteiger partial charge in [0.15, 0.2) is 0 Å². The summed E-state index contributed by atoms with van der Waals surface area (Å²) in [6.45, 7) is 12.8. The molecule has 0 spiro atoms. The van der Waals surface area contributed by atoms with Crippen LogP contribution in [0.5, 0.6) is 0 Å². The van der Waals surface area contributed by atoms with Crippen molar-refractivity contribution in [3.63, 3.8) is 0 Å². The van der Waals surface area contributed by atoms with Crippen molar-refractivity contribution in [1.82, 2.24) is 0 Å². The van der Waals surface area contributed by atoms with E-state index in [1.165, 1.54) is 12.8 Å². The zero-order valence-corrected chi connectivity index (χ0v) is 15.8. The lowest BCUT2D eigenvalue weighted by atomic mass is 10.1. The molecule has 0 aliphatic carbocycles. The first-order valence-electron chi connectivity index (χ1n) is 9.48. The monoisotopic (exact) mass is 334 g/mol. The van der Waals surface area contributed by atoms with Gasteiger partial charge < -0.3 is 9.47 Å². The normalized spacial score (nSPS) is 12.9. The van der Waals surface area contributed by atoms with E-state index in [1.807, 2.05) is 12.2 Å². The fourth-order valence-electron chi connectivity index (χ4n) is 2.15.